The highest BCUT2D eigenvalue weighted by Crippen LogP contribution is 2.35. The number of sulfonamides is 1. The van der Waals surface area contributed by atoms with E-state index in [1.54, 1.807) is 6.33 Å². The summed E-state index contributed by atoms with van der Waals surface area (Å²) in [6.45, 7) is 0.139. The molecule has 1 aliphatic carbocycles. The first kappa shape index (κ1) is 15.4. The number of nitrogens with one attached hydrogen (secondary N) is 1. The monoisotopic (exact) mass is 344 g/mol. The van der Waals surface area contributed by atoms with Gasteiger partial charge in [0.25, 0.3) is 0 Å². The molecule has 1 heterocycles. The highest BCUT2D eigenvalue weighted by atomic mass is 35.5. The molecule has 2 aromatic rings. The lowest BCUT2D eigenvalue weighted by atomic mass is 10.3. The van der Waals surface area contributed by atoms with Gasteiger partial charge in [-0.15, -0.1) is 10.2 Å². The first-order valence-corrected chi connectivity index (χ1v) is 8.66. The standard InChI is InChI=1S/C13H14ClFN4O2S/c14-11-4-1-9(15)7-12(11)22(20,21)17-6-5-13-18-16-8-19(13)10-2-3-10/h1,4,7-8,10,17H,2-3,5-6H2. The number of halogens is 2. The summed E-state index contributed by atoms with van der Waals surface area (Å²) in [5, 5.41) is 7.82. The Morgan fingerprint density at radius 3 is 2.91 bits per heavy atom. The maximum absolute atomic E-state index is 13.2. The highest BCUT2D eigenvalue weighted by Gasteiger charge is 2.26. The fraction of sp³-hybridized carbons (Fsp3) is 0.385. The van der Waals surface area contributed by atoms with E-state index < -0.39 is 15.8 Å². The fourth-order valence-electron chi connectivity index (χ4n) is 2.16. The van der Waals surface area contributed by atoms with Crippen LogP contribution in [0.1, 0.15) is 24.7 Å². The van der Waals surface area contributed by atoms with Crippen molar-refractivity contribution in [1.29, 1.82) is 0 Å². The Hall–Kier alpha value is -1.51. The Morgan fingerprint density at radius 2 is 2.18 bits per heavy atom. The van der Waals surface area contributed by atoms with Crippen molar-refractivity contribution >= 4 is 21.6 Å². The minimum atomic E-state index is -3.86. The fourth-order valence-corrected chi connectivity index (χ4v) is 3.70. The number of aromatic nitrogens is 3. The van der Waals surface area contributed by atoms with E-state index in [0.717, 1.165) is 30.8 Å². The lowest BCUT2D eigenvalue weighted by molar-refractivity contribution is 0.575. The van der Waals surface area contributed by atoms with Crippen molar-refractivity contribution in [2.45, 2.75) is 30.2 Å². The van der Waals surface area contributed by atoms with Gasteiger partial charge in [-0.05, 0) is 31.0 Å². The average Bonchev–Trinajstić information content (AvgIpc) is 3.21. The molecule has 0 unspecified atom stereocenters. The Bertz CT molecular complexity index is 789. The molecule has 3 rings (SSSR count). The van der Waals surface area contributed by atoms with Crippen LogP contribution >= 0.6 is 11.6 Å². The average molecular weight is 345 g/mol. The molecule has 0 radical (unpaired) electrons. The number of hydrogen-bond acceptors (Lipinski definition) is 4. The van der Waals surface area contributed by atoms with Crippen molar-refractivity contribution in [2.24, 2.45) is 0 Å². The number of rotatable bonds is 6. The van der Waals surface area contributed by atoms with Crippen molar-refractivity contribution in [2.75, 3.05) is 6.54 Å². The summed E-state index contributed by atoms with van der Waals surface area (Å²) >= 11 is 5.82. The van der Waals surface area contributed by atoms with Gasteiger partial charge in [0.15, 0.2) is 0 Å². The van der Waals surface area contributed by atoms with Crippen LogP contribution in [-0.4, -0.2) is 29.7 Å². The molecule has 9 heteroatoms. The summed E-state index contributed by atoms with van der Waals surface area (Å²) in [5.41, 5.74) is 0. The SMILES string of the molecule is O=S(=O)(NCCc1nncn1C1CC1)c1cc(F)ccc1Cl. The number of benzene rings is 1. The first-order valence-electron chi connectivity index (χ1n) is 6.80. The van der Waals surface area contributed by atoms with Gasteiger partial charge < -0.3 is 4.57 Å². The maximum atomic E-state index is 13.2. The lowest BCUT2D eigenvalue weighted by Gasteiger charge is -2.09. The molecule has 1 aromatic heterocycles. The summed E-state index contributed by atoms with van der Waals surface area (Å²) in [6, 6.07) is 3.66. The molecule has 0 saturated heterocycles. The second-order valence-electron chi connectivity index (χ2n) is 5.11. The largest absolute Gasteiger partial charge is 0.314 e. The Balaban J connectivity index is 1.67. The minimum absolute atomic E-state index is 0.0185. The van der Waals surface area contributed by atoms with Gasteiger partial charge >= 0.3 is 0 Å². The zero-order chi connectivity index (χ0) is 15.7. The van der Waals surface area contributed by atoms with Crippen LogP contribution in [0.2, 0.25) is 5.02 Å². The maximum Gasteiger partial charge on any atom is 0.242 e. The molecule has 1 fully saturated rings. The molecular weight excluding hydrogens is 331 g/mol. The minimum Gasteiger partial charge on any atom is -0.314 e. The molecule has 1 aromatic carbocycles. The van der Waals surface area contributed by atoms with E-state index in [-0.39, 0.29) is 16.5 Å². The summed E-state index contributed by atoms with van der Waals surface area (Å²) in [7, 11) is -3.86. The molecule has 6 nitrogen and oxygen atoms in total. The molecule has 0 amide bonds. The highest BCUT2D eigenvalue weighted by molar-refractivity contribution is 7.89. The summed E-state index contributed by atoms with van der Waals surface area (Å²) in [4.78, 5) is -0.266. The molecule has 0 aliphatic heterocycles. The van der Waals surface area contributed by atoms with E-state index in [1.165, 1.54) is 6.07 Å². The molecular formula is C13H14ClFN4O2S. The van der Waals surface area contributed by atoms with Crippen LogP contribution in [0, 0.1) is 5.82 Å². The van der Waals surface area contributed by atoms with Crippen molar-refractivity contribution in [1.82, 2.24) is 19.5 Å². The lowest BCUT2D eigenvalue weighted by Crippen LogP contribution is -2.27. The number of nitrogens with zero attached hydrogens (tertiary/aromatic N) is 3. The molecule has 0 spiro atoms. The third-order valence-corrected chi connectivity index (χ3v) is 5.35. The van der Waals surface area contributed by atoms with Crippen molar-refractivity contribution < 1.29 is 12.8 Å². The van der Waals surface area contributed by atoms with Crippen LogP contribution in [0.4, 0.5) is 4.39 Å². The molecule has 0 bridgehead atoms. The second-order valence-corrected chi connectivity index (χ2v) is 7.25. The predicted molar refractivity (Wildman–Crippen MR) is 78.6 cm³/mol. The molecule has 22 heavy (non-hydrogen) atoms. The molecule has 118 valence electrons. The van der Waals surface area contributed by atoms with Gasteiger partial charge in [0.1, 0.15) is 22.9 Å². The first-order chi connectivity index (χ1) is 10.5. The van der Waals surface area contributed by atoms with Crippen LogP contribution < -0.4 is 4.72 Å². The zero-order valence-electron chi connectivity index (χ0n) is 11.5. The molecule has 1 aliphatic rings. The molecule has 0 atom stereocenters. The van der Waals surface area contributed by atoms with Gasteiger partial charge in [0, 0.05) is 19.0 Å². The normalized spacial score (nSPS) is 15.2. The molecule has 1 saturated carbocycles. The van der Waals surface area contributed by atoms with Crippen molar-refractivity contribution in [3.63, 3.8) is 0 Å². The third-order valence-electron chi connectivity index (χ3n) is 3.41. The van der Waals surface area contributed by atoms with Crippen molar-refractivity contribution in [3.8, 4) is 0 Å². The van der Waals surface area contributed by atoms with E-state index in [0.29, 0.717) is 12.5 Å². The predicted octanol–water partition coefficient (Wildman–Crippen LogP) is 1.93. The van der Waals surface area contributed by atoms with E-state index in [9.17, 15) is 12.8 Å². The second kappa shape index (κ2) is 5.94. The van der Waals surface area contributed by atoms with Gasteiger partial charge in [0.05, 0.1) is 5.02 Å². The van der Waals surface area contributed by atoms with Gasteiger partial charge in [-0.2, -0.15) is 0 Å². The van der Waals surface area contributed by atoms with Crippen LogP contribution in [-0.2, 0) is 16.4 Å². The Kier molecular flexibility index (Phi) is 4.16. The third kappa shape index (κ3) is 3.29. The van der Waals surface area contributed by atoms with Crippen LogP contribution in [0.15, 0.2) is 29.4 Å². The Morgan fingerprint density at radius 1 is 1.41 bits per heavy atom. The summed E-state index contributed by atoms with van der Waals surface area (Å²) in [6.07, 6.45) is 4.25. The van der Waals surface area contributed by atoms with Crippen LogP contribution in [0.5, 0.6) is 0 Å². The summed E-state index contributed by atoms with van der Waals surface area (Å²) < 4.78 is 41.9. The van der Waals surface area contributed by atoms with Gasteiger partial charge in [-0.1, -0.05) is 11.6 Å². The molecule has 1 N–H and O–H groups in total. The van der Waals surface area contributed by atoms with E-state index >= 15 is 0 Å². The van der Waals surface area contributed by atoms with E-state index in [1.807, 2.05) is 4.57 Å². The van der Waals surface area contributed by atoms with Gasteiger partial charge in [-0.3, -0.25) is 0 Å². The zero-order valence-corrected chi connectivity index (χ0v) is 13.1. The summed E-state index contributed by atoms with van der Waals surface area (Å²) in [5.74, 6) is 0.0776. The van der Waals surface area contributed by atoms with Crippen LogP contribution in [0.3, 0.4) is 0 Å². The van der Waals surface area contributed by atoms with Gasteiger partial charge in [-0.25, -0.2) is 17.5 Å². The quantitative estimate of drug-likeness (QED) is 0.868. The van der Waals surface area contributed by atoms with Crippen molar-refractivity contribution in [3.05, 3.63) is 41.2 Å². The van der Waals surface area contributed by atoms with E-state index in [4.69, 9.17) is 11.6 Å². The Labute approximate surface area is 132 Å². The topological polar surface area (TPSA) is 76.9 Å². The van der Waals surface area contributed by atoms with Crippen LogP contribution in [0.25, 0.3) is 0 Å². The number of hydrogen-bond donors (Lipinski definition) is 1. The van der Waals surface area contributed by atoms with E-state index in [2.05, 4.69) is 14.9 Å². The smallest absolute Gasteiger partial charge is 0.242 e. The van der Waals surface area contributed by atoms with Gasteiger partial charge in [0.2, 0.25) is 10.0 Å².